The van der Waals surface area contributed by atoms with Crippen molar-refractivity contribution in [2.75, 3.05) is 23.3 Å². The number of aromatic nitrogens is 1. The van der Waals surface area contributed by atoms with Gasteiger partial charge in [0.15, 0.2) is 5.13 Å². The number of rotatable bonds is 3. The summed E-state index contributed by atoms with van der Waals surface area (Å²) in [6, 6.07) is 5.10. The number of hydrogen-bond donors (Lipinski definition) is 1. The van der Waals surface area contributed by atoms with Crippen LogP contribution >= 0.6 is 11.3 Å². The molecule has 2 heterocycles. The maximum absolute atomic E-state index is 4.61. The molecule has 0 aliphatic carbocycles. The molecular formula is C18H25N3S. The Morgan fingerprint density at radius 1 is 1.09 bits per heavy atom. The Labute approximate surface area is 137 Å². The van der Waals surface area contributed by atoms with Crippen molar-refractivity contribution < 1.29 is 0 Å². The van der Waals surface area contributed by atoms with Gasteiger partial charge in [-0.25, -0.2) is 4.98 Å². The summed E-state index contributed by atoms with van der Waals surface area (Å²) in [5, 5.41) is 7.10. The third-order valence-corrected chi connectivity index (χ3v) is 5.42. The predicted octanol–water partition coefficient (Wildman–Crippen LogP) is 4.46. The summed E-state index contributed by atoms with van der Waals surface area (Å²) in [6.07, 6.45) is 2.34. The molecule has 4 heteroatoms. The molecular weight excluding hydrogens is 290 g/mol. The summed E-state index contributed by atoms with van der Waals surface area (Å²) in [7, 11) is 0. The lowest BCUT2D eigenvalue weighted by atomic mass is 10.0. The lowest BCUT2D eigenvalue weighted by Gasteiger charge is -2.33. The second-order valence-electron chi connectivity index (χ2n) is 6.45. The molecule has 3 nitrogen and oxygen atoms in total. The van der Waals surface area contributed by atoms with Crippen molar-refractivity contribution in [3.63, 3.8) is 0 Å². The van der Waals surface area contributed by atoms with E-state index in [0.717, 1.165) is 18.8 Å². The van der Waals surface area contributed by atoms with Crippen LogP contribution in [0.1, 0.15) is 35.2 Å². The molecule has 0 spiro atoms. The van der Waals surface area contributed by atoms with Crippen LogP contribution in [0.3, 0.4) is 0 Å². The van der Waals surface area contributed by atoms with Gasteiger partial charge in [0, 0.05) is 30.2 Å². The Bertz CT molecular complexity index is 631. The zero-order valence-corrected chi connectivity index (χ0v) is 14.8. The monoisotopic (exact) mass is 315 g/mol. The van der Waals surface area contributed by atoms with E-state index in [1.165, 1.54) is 40.4 Å². The van der Waals surface area contributed by atoms with E-state index >= 15 is 0 Å². The van der Waals surface area contributed by atoms with E-state index in [1.807, 2.05) is 0 Å². The first-order valence-corrected chi connectivity index (χ1v) is 8.92. The predicted molar refractivity (Wildman–Crippen MR) is 96.4 cm³/mol. The quantitative estimate of drug-likeness (QED) is 0.906. The summed E-state index contributed by atoms with van der Waals surface area (Å²) in [5.41, 5.74) is 6.51. The van der Waals surface area contributed by atoms with Gasteiger partial charge < -0.3 is 10.2 Å². The number of piperidine rings is 1. The van der Waals surface area contributed by atoms with Gasteiger partial charge in [-0.05, 0) is 51.7 Å². The van der Waals surface area contributed by atoms with E-state index in [1.54, 1.807) is 11.3 Å². The van der Waals surface area contributed by atoms with Crippen molar-refractivity contribution >= 4 is 22.2 Å². The maximum Gasteiger partial charge on any atom is 0.185 e. The summed E-state index contributed by atoms with van der Waals surface area (Å²) < 4.78 is 0. The zero-order valence-electron chi connectivity index (χ0n) is 13.9. The molecule has 118 valence electrons. The largest absolute Gasteiger partial charge is 0.382 e. The molecule has 1 aromatic carbocycles. The molecule has 0 amide bonds. The molecule has 0 unspecified atom stereocenters. The van der Waals surface area contributed by atoms with Crippen LogP contribution in [0.15, 0.2) is 17.5 Å². The number of nitrogens with zero attached hydrogens (tertiary/aromatic N) is 2. The van der Waals surface area contributed by atoms with Crippen molar-refractivity contribution in [2.24, 2.45) is 0 Å². The Balaban J connectivity index is 1.63. The van der Waals surface area contributed by atoms with Gasteiger partial charge in [-0.1, -0.05) is 17.7 Å². The molecule has 0 radical (unpaired) electrons. The summed E-state index contributed by atoms with van der Waals surface area (Å²) >= 11 is 1.76. The minimum Gasteiger partial charge on any atom is -0.382 e. The Morgan fingerprint density at radius 2 is 1.73 bits per heavy atom. The molecule has 3 rings (SSSR count). The highest BCUT2D eigenvalue weighted by Crippen LogP contribution is 2.27. The van der Waals surface area contributed by atoms with Gasteiger partial charge in [-0.15, -0.1) is 11.3 Å². The van der Waals surface area contributed by atoms with Crippen molar-refractivity contribution in [3.05, 3.63) is 39.9 Å². The minimum absolute atomic E-state index is 0.567. The molecule has 1 N–H and O–H groups in total. The van der Waals surface area contributed by atoms with E-state index in [2.05, 4.69) is 60.4 Å². The molecule has 1 aliphatic heterocycles. The molecule has 0 saturated carbocycles. The number of hydrogen-bond acceptors (Lipinski definition) is 4. The van der Waals surface area contributed by atoms with E-state index in [0.29, 0.717) is 6.04 Å². The topological polar surface area (TPSA) is 28.2 Å². The minimum atomic E-state index is 0.567. The normalized spacial score (nSPS) is 16.1. The first kappa shape index (κ1) is 15.3. The van der Waals surface area contributed by atoms with Crippen molar-refractivity contribution in [2.45, 2.75) is 46.6 Å². The molecule has 0 atom stereocenters. The molecule has 0 bridgehead atoms. The average Bonchev–Trinajstić information content (AvgIpc) is 2.90. The van der Waals surface area contributed by atoms with Crippen LogP contribution in [0.5, 0.6) is 0 Å². The van der Waals surface area contributed by atoms with Crippen LogP contribution in [0.25, 0.3) is 0 Å². The van der Waals surface area contributed by atoms with E-state index in [9.17, 15) is 0 Å². The Morgan fingerprint density at radius 3 is 2.27 bits per heavy atom. The Kier molecular flexibility index (Phi) is 4.39. The van der Waals surface area contributed by atoms with Crippen molar-refractivity contribution in [1.82, 2.24) is 4.98 Å². The summed E-state index contributed by atoms with van der Waals surface area (Å²) in [4.78, 5) is 7.03. The molecule has 2 aromatic rings. The van der Waals surface area contributed by atoms with Gasteiger partial charge in [-0.2, -0.15) is 0 Å². The SMILES string of the molecule is Cc1cc(C)c(NC2CCN(c3nc(C)cs3)CC2)c(C)c1. The fourth-order valence-electron chi connectivity index (χ4n) is 3.31. The third-order valence-electron chi connectivity index (χ3n) is 4.40. The molecule has 1 aromatic heterocycles. The van der Waals surface area contributed by atoms with E-state index < -0.39 is 0 Å². The second-order valence-corrected chi connectivity index (χ2v) is 7.29. The van der Waals surface area contributed by atoms with Crippen LogP contribution in [-0.2, 0) is 0 Å². The Hall–Kier alpha value is -1.55. The van der Waals surface area contributed by atoms with Gasteiger partial charge in [0.1, 0.15) is 0 Å². The van der Waals surface area contributed by atoms with E-state index in [-0.39, 0.29) is 0 Å². The maximum atomic E-state index is 4.61. The van der Waals surface area contributed by atoms with Crippen LogP contribution in [0.4, 0.5) is 10.8 Å². The van der Waals surface area contributed by atoms with E-state index in [4.69, 9.17) is 0 Å². The van der Waals surface area contributed by atoms with Gasteiger partial charge in [0.05, 0.1) is 5.69 Å². The lowest BCUT2D eigenvalue weighted by Crippen LogP contribution is -2.39. The third kappa shape index (κ3) is 3.27. The fraction of sp³-hybridized carbons (Fsp3) is 0.500. The first-order chi connectivity index (χ1) is 10.5. The van der Waals surface area contributed by atoms with Gasteiger partial charge in [-0.3, -0.25) is 0 Å². The molecule has 1 fully saturated rings. The van der Waals surface area contributed by atoms with Gasteiger partial charge in [0.25, 0.3) is 0 Å². The highest BCUT2D eigenvalue weighted by Gasteiger charge is 2.21. The zero-order chi connectivity index (χ0) is 15.7. The summed E-state index contributed by atoms with van der Waals surface area (Å²) in [6.45, 7) is 10.8. The van der Waals surface area contributed by atoms with Gasteiger partial charge >= 0.3 is 0 Å². The number of benzene rings is 1. The van der Waals surface area contributed by atoms with Crippen LogP contribution < -0.4 is 10.2 Å². The van der Waals surface area contributed by atoms with Gasteiger partial charge in [0.2, 0.25) is 0 Å². The molecule has 1 aliphatic rings. The van der Waals surface area contributed by atoms with Crippen LogP contribution in [-0.4, -0.2) is 24.1 Å². The molecule has 1 saturated heterocycles. The number of nitrogens with one attached hydrogen (secondary N) is 1. The van der Waals surface area contributed by atoms with Crippen LogP contribution in [0.2, 0.25) is 0 Å². The number of thiazole rings is 1. The lowest BCUT2D eigenvalue weighted by molar-refractivity contribution is 0.525. The average molecular weight is 315 g/mol. The number of aryl methyl sites for hydroxylation is 4. The van der Waals surface area contributed by atoms with Crippen LogP contribution in [0, 0.1) is 27.7 Å². The van der Waals surface area contributed by atoms with Crippen molar-refractivity contribution in [1.29, 1.82) is 0 Å². The number of anilines is 2. The fourth-order valence-corrected chi connectivity index (χ4v) is 4.17. The highest BCUT2D eigenvalue weighted by atomic mass is 32.1. The van der Waals surface area contributed by atoms with Crippen molar-refractivity contribution in [3.8, 4) is 0 Å². The standard InChI is InChI=1S/C18H25N3S/c1-12-9-13(2)17(14(3)10-12)20-16-5-7-21(8-6-16)18-19-15(4)11-22-18/h9-11,16,20H,5-8H2,1-4H3. The molecule has 22 heavy (non-hydrogen) atoms. The smallest absolute Gasteiger partial charge is 0.185 e. The second kappa shape index (κ2) is 6.29. The highest BCUT2D eigenvalue weighted by molar-refractivity contribution is 7.13. The summed E-state index contributed by atoms with van der Waals surface area (Å²) in [5.74, 6) is 0. The first-order valence-electron chi connectivity index (χ1n) is 8.04.